The van der Waals surface area contributed by atoms with Gasteiger partial charge in [0.1, 0.15) is 11.4 Å². The van der Waals surface area contributed by atoms with E-state index in [4.69, 9.17) is 4.74 Å². The maximum Gasteiger partial charge on any atom is 0.433 e. The zero-order valence-corrected chi connectivity index (χ0v) is 13.7. The van der Waals surface area contributed by atoms with Gasteiger partial charge in [-0.2, -0.15) is 18.3 Å². The standard InChI is InChI=1S/C15H16F3N3O2S/c1-21-13(15(16,17)18)7-10(20-21)11-4-5-12(24-11)14(22)19-8-9-3-2-6-23-9/h4-5,7,9H,2-3,6,8H2,1H3,(H,19,22). The van der Waals surface area contributed by atoms with Crippen molar-refractivity contribution in [3.05, 3.63) is 28.8 Å². The second-order valence-electron chi connectivity index (χ2n) is 5.55. The van der Waals surface area contributed by atoms with Crippen molar-refractivity contribution in [1.82, 2.24) is 15.1 Å². The average molecular weight is 359 g/mol. The molecule has 0 aromatic carbocycles. The molecular weight excluding hydrogens is 343 g/mol. The number of rotatable bonds is 4. The molecule has 2 aromatic rings. The van der Waals surface area contributed by atoms with E-state index in [0.29, 0.717) is 22.9 Å². The number of amides is 1. The molecule has 24 heavy (non-hydrogen) atoms. The number of hydrogen-bond donors (Lipinski definition) is 1. The van der Waals surface area contributed by atoms with Crippen LogP contribution < -0.4 is 5.32 Å². The Morgan fingerprint density at radius 1 is 1.50 bits per heavy atom. The first-order chi connectivity index (χ1) is 11.3. The maximum atomic E-state index is 12.8. The SMILES string of the molecule is Cn1nc(-c2ccc(C(=O)NCC3CCCO3)s2)cc1C(F)(F)F. The minimum Gasteiger partial charge on any atom is -0.376 e. The van der Waals surface area contributed by atoms with Gasteiger partial charge in [0, 0.05) is 20.2 Å². The second-order valence-corrected chi connectivity index (χ2v) is 6.63. The molecule has 1 unspecified atom stereocenters. The molecular formula is C15H16F3N3O2S. The van der Waals surface area contributed by atoms with E-state index in [1.807, 2.05) is 0 Å². The summed E-state index contributed by atoms with van der Waals surface area (Å²) in [5.41, 5.74) is -0.622. The summed E-state index contributed by atoms with van der Waals surface area (Å²) in [5.74, 6) is -0.256. The quantitative estimate of drug-likeness (QED) is 0.913. The lowest BCUT2D eigenvalue weighted by Gasteiger charge is -2.09. The van der Waals surface area contributed by atoms with Gasteiger partial charge < -0.3 is 10.1 Å². The molecule has 1 saturated heterocycles. The Labute approximate surface area is 140 Å². The molecule has 1 aliphatic heterocycles. The molecule has 5 nitrogen and oxygen atoms in total. The molecule has 2 aromatic heterocycles. The van der Waals surface area contributed by atoms with Crippen molar-refractivity contribution >= 4 is 17.2 Å². The number of carbonyl (C=O) groups excluding carboxylic acids is 1. The number of nitrogens with one attached hydrogen (secondary N) is 1. The van der Waals surface area contributed by atoms with Crippen LogP contribution in [0.15, 0.2) is 18.2 Å². The van der Waals surface area contributed by atoms with Gasteiger partial charge in [0.2, 0.25) is 0 Å². The molecule has 1 atom stereocenters. The topological polar surface area (TPSA) is 56.2 Å². The van der Waals surface area contributed by atoms with E-state index in [1.54, 1.807) is 12.1 Å². The molecule has 9 heteroatoms. The number of aromatic nitrogens is 2. The monoisotopic (exact) mass is 359 g/mol. The van der Waals surface area contributed by atoms with Crippen LogP contribution in [0.5, 0.6) is 0 Å². The summed E-state index contributed by atoms with van der Waals surface area (Å²) in [4.78, 5) is 13.1. The number of aryl methyl sites for hydroxylation is 1. The summed E-state index contributed by atoms with van der Waals surface area (Å²) >= 11 is 1.11. The molecule has 0 spiro atoms. The van der Waals surface area contributed by atoms with Crippen molar-refractivity contribution < 1.29 is 22.7 Å². The van der Waals surface area contributed by atoms with Crippen LogP contribution in [0, 0.1) is 0 Å². The van der Waals surface area contributed by atoms with E-state index in [-0.39, 0.29) is 17.7 Å². The van der Waals surface area contributed by atoms with Gasteiger partial charge in [-0.3, -0.25) is 9.48 Å². The van der Waals surface area contributed by atoms with Crippen LogP contribution in [0.1, 0.15) is 28.2 Å². The largest absolute Gasteiger partial charge is 0.433 e. The molecule has 1 amide bonds. The Morgan fingerprint density at radius 2 is 2.29 bits per heavy atom. The number of alkyl halides is 3. The molecule has 3 rings (SSSR count). The first-order valence-corrected chi connectivity index (χ1v) is 8.27. The molecule has 0 radical (unpaired) electrons. The number of nitrogens with zero attached hydrogens (tertiary/aromatic N) is 2. The maximum absolute atomic E-state index is 12.8. The summed E-state index contributed by atoms with van der Waals surface area (Å²) < 4.78 is 44.7. The Bertz CT molecular complexity index is 733. The Balaban J connectivity index is 1.70. The van der Waals surface area contributed by atoms with E-state index in [0.717, 1.165) is 34.9 Å². The van der Waals surface area contributed by atoms with E-state index >= 15 is 0 Å². The van der Waals surface area contributed by atoms with Gasteiger partial charge in [0.15, 0.2) is 0 Å². The van der Waals surface area contributed by atoms with Crippen LogP contribution in [-0.2, 0) is 18.0 Å². The Morgan fingerprint density at radius 3 is 2.92 bits per heavy atom. The zero-order chi connectivity index (χ0) is 17.3. The van der Waals surface area contributed by atoms with Gasteiger partial charge in [-0.05, 0) is 31.0 Å². The Kier molecular flexibility index (Phi) is 4.64. The Hall–Kier alpha value is -1.87. The van der Waals surface area contributed by atoms with Crippen LogP contribution in [0.25, 0.3) is 10.6 Å². The second kappa shape index (κ2) is 6.56. The number of carbonyl (C=O) groups is 1. The number of hydrogen-bond acceptors (Lipinski definition) is 4. The van der Waals surface area contributed by atoms with Crippen LogP contribution in [0.3, 0.4) is 0 Å². The fraction of sp³-hybridized carbons (Fsp3) is 0.467. The highest BCUT2D eigenvalue weighted by molar-refractivity contribution is 7.17. The molecule has 0 aliphatic carbocycles. The smallest absolute Gasteiger partial charge is 0.376 e. The third-order valence-corrected chi connectivity index (χ3v) is 4.87. The van der Waals surface area contributed by atoms with E-state index < -0.39 is 11.9 Å². The van der Waals surface area contributed by atoms with E-state index in [9.17, 15) is 18.0 Å². The minimum atomic E-state index is -4.46. The van der Waals surface area contributed by atoms with Gasteiger partial charge in [-0.15, -0.1) is 11.3 Å². The summed E-state index contributed by atoms with van der Waals surface area (Å²) in [6.07, 6.45) is -2.51. The average Bonchev–Trinajstić information content (AvgIpc) is 3.23. The first-order valence-electron chi connectivity index (χ1n) is 7.46. The van der Waals surface area contributed by atoms with Gasteiger partial charge in [0.25, 0.3) is 5.91 Å². The van der Waals surface area contributed by atoms with E-state index in [1.165, 1.54) is 7.05 Å². The lowest BCUT2D eigenvalue weighted by atomic mass is 10.2. The molecule has 0 saturated carbocycles. The third kappa shape index (κ3) is 3.62. The van der Waals surface area contributed by atoms with Gasteiger partial charge in [-0.1, -0.05) is 0 Å². The minimum absolute atomic E-state index is 0.0403. The summed E-state index contributed by atoms with van der Waals surface area (Å²) in [7, 11) is 1.25. The number of halogens is 3. The van der Waals surface area contributed by atoms with Crippen molar-refractivity contribution in [3.63, 3.8) is 0 Å². The van der Waals surface area contributed by atoms with Crippen LogP contribution in [-0.4, -0.2) is 34.9 Å². The molecule has 3 heterocycles. The summed E-state index contributed by atoms with van der Waals surface area (Å²) in [6.45, 7) is 1.15. The summed E-state index contributed by atoms with van der Waals surface area (Å²) in [6, 6.07) is 4.18. The lowest BCUT2D eigenvalue weighted by Crippen LogP contribution is -2.31. The van der Waals surface area contributed by atoms with Crippen LogP contribution >= 0.6 is 11.3 Å². The first kappa shape index (κ1) is 17.0. The molecule has 0 bridgehead atoms. The zero-order valence-electron chi connectivity index (χ0n) is 12.9. The summed E-state index contributed by atoms with van der Waals surface area (Å²) in [5, 5.41) is 6.67. The third-order valence-electron chi connectivity index (χ3n) is 3.77. The predicted octanol–water partition coefficient (Wildman–Crippen LogP) is 3.08. The highest BCUT2D eigenvalue weighted by Gasteiger charge is 2.35. The van der Waals surface area contributed by atoms with Crippen LogP contribution in [0.4, 0.5) is 13.2 Å². The van der Waals surface area contributed by atoms with Crippen molar-refractivity contribution in [2.75, 3.05) is 13.2 Å². The van der Waals surface area contributed by atoms with Crippen molar-refractivity contribution in [3.8, 4) is 10.6 Å². The fourth-order valence-corrected chi connectivity index (χ4v) is 3.43. The predicted molar refractivity (Wildman–Crippen MR) is 82.8 cm³/mol. The van der Waals surface area contributed by atoms with E-state index in [2.05, 4.69) is 10.4 Å². The number of thiophene rings is 1. The molecule has 1 aliphatic rings. The van der Waals surface area contributed by atoms with Gasteiger partial charge in [-0.25, -0.2) is 0 Å². The fourth-order valence-electron chi connectivity index (χ4n) is 2.55. The highest BCUT2D eigenvalue weighted by atomic mass is 32.1. The normalized spacial score (nSPS) is 18.1. The molecule has 1 fully saturated rings. The highest BCUT2D eigenvalue weighted by Crippen LogP contribution is 2.34. The van der Waals surface area contributed by atoms with Gasteiger partial charge >= 0.3 is 6.18 Å². The van der Waals surface area contributed by atoms with Crippen molar-refractivity contribution in [1.29, 1.82) is 0 Å². The van der Waals surface area contributed by atoms with Crippen molar-refractivity contribution in [2.24, 2.45) is 7.05 Å². The lowest BCUT2D eigenvalue weighted by molar-refractivity contribution is -0.143. The molecule has 1 N–H and O–H groups in total. The van der Waals surface area contributed by atoms with Gasteiger partial charge in [0.05, 0.1) is 15.9 Å². The van der Waals surface area contributed by atoms with Crippen molar-refractivity contribution in [2.45, 2.75) is 25.1 Å². The number of ether oxygens (including phenoxy) is 1. The van der Waals surface area contributed by atoms with Crippen LogP contribution in [0.2, 0.25) is 0 Å². The molecule has 130 valence electrons.